The monoisotopic (exact) mass is 321 g/mol. The number of halogens is 2. The second-order valence-electron chi connectivity index (χ2n) is 4.42. The van der Waals surface area contributed by atoms with Crippen LogP contribution in [0.1, 0.15) is 5.56 Å². The fraction of sp³-hybridized carbons (Fsp3) is 0.0714. The molecule has 0 aliphatic rings. The number of hydrogen-bond acceptors (Lipinski definition) is 3. The van der Waals surface area contributed by atoms with E-state index in [2.05, 4.69) is 9.97 Å². The molecule has 0 unspecified atom stereocenters. The van der Waals surface area contributed by atoms with Gasteiger partial charge in [-0.2, -0.15) is 4.98 Å². The summed E-state index contributed by atoms with van der Waals surface area (Å²) >= 11 is 11.9. The Balaban J connectivity index is 2.27. The van der Waals surface area contributed by atoms with Gasteiger partial charge in [0.05, 0.1) is 18.1 Å². The Morgan fingerprint density at radius 1 is 1.29 bits per heavy atom. The van der Waals surface area contributed by atoms with E-state index in [9.17, 15) is 4.79 Å². The average Bonchev–Trinajstić information content (AvgIpc) is 2.80. The SMILES string of the molecule is O=C(O)Cc1cn(-c2nc(Cl)ncc2Cl)c2ccccc12. The third-order valence-electron chi connectivity index (χ3n) is 3.06. The molecule has 0 aliphatic heterocycles. The van der Waals surface area contributed by atoms with Crippen LogP contribution in [0.3, 0.4) is 0 Å². The summed E-state index contributed by atoms with van der Waals surface area (Å²) in [6.45, 7) is 0. The summed E-state index contributed by atoms with van der Waals surface area (Å²) in [4.78, 5) is 18.9. The Morgan fingerprint density at radius 2 is 2.05 bits per heavy atom. The van der Waals surface area contributed by atoms with Crippen LogP contribution in [0.25, 0.3) is 16.7 Å². The van der Waals surface area contributed by atoms with Crippen molar-refractivity contribution in [2.75, 3.05) is 0 Å². The topological polar surface area (TPSA) is 68.0 Å². The van der Waals surface area contributed by atoms with Crippen molar-refractivity contribution in [3.8, 4) is 5.82 Å². The highest BCUT2D eigenvalue weighted by Gasteiger charge is 2.15. The maximum atomic E-state index is 11.0. The summed E-state index contributed by atoms with van der Waals surface area (Å²) in [5.74, 6) is -0.478. The molecule has 0 spiro atoms. The summed E-state index contributed by atoms with van der Waals surface area (Å²) in [6.07, 6.45) is 3.05. The van der Waals surface area contributed by atoms with Gasteiger partial charge in [-0.3, -0.25) is 9.36 Å². The first-order chi connectivity index (χ1) is 10.1. The molecule has 5 nitrogen and oxygen atoms in total. The van der Waals surface area contributed by atoms with E-state index in [1.54, 1.807) is 10.8 Å². The third-order valence-corrected chi connectivity index (χ3v) is 3.51. The molecular weight excluding hydrogens is 313 g/mol. The van der Waals surface area contributed by atoms with Crippen LogP contribution in [0.5, 0.6) is 0 Å². The fourth-order valence-corrected chi connectivity index (χ4v) is 2.55. The number of aliphatic carboxylic acids is 1. The number of rotatable bonds is 3. The van der Waals surface area contributed by atoms with E-state index in [0.717, 1.165) is 10.9 Å². The van der Waals surface area contributed by atoms with Crippen LogP contribution in [0.2, 0.25) is 10.3 Å². The van der Waals surface area contributed by atoms with E-state index in [1.807, 2.05) is 24.3 Å². The van der Waals surface area contributed by atoms with Gasteiger partial charge >= 0.3 is 5.97 Å². The number of hydrogen-bond donors (Lipinski definition) is 1. The summed E-state index contributed by atoms with van der Waals surface area (Å²) in [7, 11) is 0. The van der Waals surface area contributed by atoms with Gasteiger partial charge in [0.15, 0.2) is 5.82 Å². The molecule has 0 aliphatic carbocycles. The highest BCUT2D eigenvalue weighted by Crippen LogP contribution is 2.28. The Bertz CT molecular complexity index is 845. The first-order valence-corrected chi connectivity index (χ1v) is 6.81. The second kappa shape index (κ2) is 5.35. The van der Waals surface area contributed by atoms with Gasteiger partial charge in [0.2, 0.25) is 5.28 Å². The Hall–Kier alpha value is -2.11. The average molecular weight is 322 g/mol. The van der Waals surface area contributed by atoms with Crippen molar-refractivity contribution in [3.63, 3.8) is 0 Å². The summed E-state index contributed by atoms with van der Waals surface area (Å²) < 4.78 is 1.73. The molecule has 0 radical (unpaired) electrons. The molecule has 3 aromatic rings. The predicted octanol–water partition coefficient (Wildman–Crippen LogP) is 3.35. The van der Waals surface area contributed by atoms with Gasteiger partial charge in [0.25, 0.3) is 0 Å². The van der Waals surface area contributed by atoms with E-state index < -0.39 is 5.97 Å². The fourth-order valence-electron chi connectivity index (χ4n) is 2.24. The lowest BCUT2D eigenvalue weighted by atomic mass is 10.1. The molecule has 0 fully saturated rings. The highest BCUT2D eigenvalue weighted by molar-refractivity contribution is 6.33. The van der Waals surface area contributed by atoms with Gasteiger partial charge < -0.3 is 5.11 Å². The van der Waals surface area contributed by atoms with Gasteiger partial charge in [-0.15, -0.1) is 0 Å². The molecule has 0 atom stereocenters. The number of aromatic nitrogens is 3. The van der Waals surface area contributed by atoms with Gasteiger partial charge in [0, 0.05) is 11.6 Å². The number of carboxylic acids is 1. The lowest BCUT2D eigenvalue weighted by molar-refractivity contribution is -0.136. The van der Waals surface area contributed by atoms with Crippen molar-refractivity contribution < 1.29 is 9.90 Å². The quantitative estimate of drug-likeness (QED) is 0.751. The standard InChI is InChI=1S/C14H9Cl2N3O2/c15-10-6-17-14(16)18-13(10)19-7-8(5-12(20)21)9-3-1-2-4-11(9)19/h1-4,6-7H,5H2,(H,20,21). The highest BCUT2D eigenvalue weighted by atomic mass is 35.5. The molecule has 2 heterocycles. The third kappa shape index (κ3) is 2.57. The minimum absolute atomic E-state index is 0.0759. The maximum Gasteiger partial charge on any atom is 0.307 e. The van der Waals surface area contributed by atoms with Gasteiger partial charge in [-0.1, -0.05) is 29.8 Å². The molecule has 2 aromatic heterocycles. The van der Waals surface area contributed by atoms with Crippen LogP contribution >= 0.6 is 23.2 Å². The minimum Gasteiger partial charge on any atom is -0.481 e. The molecule has 7 heteroatoms. The van der Waals surface area contributed by atoms with Gasteiger partial charge in [0.1, 0.15) is 5.02 Å². The van der Waals surface area contributed by atoms with Crippen LogP contribution in [-0.4, -0.2) is 25.6 Å². The molecule has 0 bridgehead atoms. The molecule has 0 saturated carbocycles. The predicted molar refractivity (Wildman–Crippen MR) is 80.2 cm³/mol. The van der Waals surface area contributed by atoms with Crippen LogP contribution in [0.15, 0.2) is 36.7 Å². The maximum absolute atomic E-state index is 11.0. The molecule has 0 saturated heterocycles. The Kier molecular flexibility index (Phi) is 3.53. The van der Waals surface area contributed by atoms with E-state index in [-0.39, 0.29) is 11.7 Å². The molecule has 1 aromatic carbocycles. The normalized spacial score (nSPS) is 11.0. The largest absolute Gasteiger partial charge is 0.481 e. The number of carboxylic acid groups (broad SMARTS) is 1. The zero-order chi connectivity index (χ0) is 15.0. The van der Waals surface area contributed by atoms with Crippen molar-refractivity contribution in [2.24, 2.45) is 0 Å². The summed E-state index contributed by atoms with van der Waals surface area (Å²) in [5.41, 5.74) is 1.49. The lowest BCUT2D eigenvalue weighted by Crippen LogP contribution is -2.00. The van der Waals surface area contributed by atoms with Crippen molar-refractivity contribution in [2.45, 2.75) is 6.42 Å². The van der Waals surface area contributed by atoms with E-state index in [0.29, 0.717) is 16.4 Å². The van der Waals surface area contributed by atoms with Gasteiger partial charge in [-0.25, -0.2) is 4.98 Å². The smallest absolute Gasteiger partial charge is 0.307 e. The zero-order valence-corrected chi connectivity index (χ0v) is 12.1. The summed E-state index contributed by atoms with van der Waals surface area (Å²) in [6, 6.07) is 7.44. The van der Waals surface area contributed by atoms with Crippen molar-refractivity contribution >= 4 is 40.1 Å². The van der Waals surface area contributed by atoms with Crippen LogP contribution in [-0.2, 0) is 11.2 Å². The van der Waals surface area contributed by atoms with Crippen LogP contribution in [0, 0.1) is 0 Å². The molecule has 0 amide bonds. The molecular formula is C14H9Cl2N3O2. The van der Waals surface area contributed by atoms with Gasteiger partial charge in [-0.05, 0) is 23.2 Å². The molecule has 106 valence electrons. The van der Waals surface area contributed by atoms with E-state index >= 15 is 0 Å². The first-order valence-electron chi connectivity index (χ1n) is 6.05. The molecule has 3 rings (SSSR count). The minimum atomic E-state index is -0.898. The number of para-hydroxylation sites is 1. The molecule has 1 N–H and O–H groups in total. The Labute approximate surface area is 129 Å². The number of fused-ring (bicyclic) bond motifs is 1. The van der Waals surface area contributed by atoms with Crippen molar-refractivity contribution in [1.29, 1.82) is 0 Å². The van der Waals surface area contributed by atoms with E-state index in [1.165, 1.54) is 6.20 Å². The number of benzene rings is 1. The van der Waals surface area contributed by atoms with Crippen LogP contribution < -0.4 is 0 Å². The molecule has 21 heavy (non-hydrogen) atoms. The lowest BCUT2D eigenvalue weighted by Gasteiger charge is -2.06. The van der Waals surface area contributed by atoms with Crippen LogP contribution in [0.4, 0.5) is 0 Å². The van der Waals surface area contributed by atoms with Crippen molar-refractivity contribution in [1.82, 2.24) is 14.5 Å². The number of nitrogens with zero attached hydrogens (tertiary/aromatic N) is 3. The van der Waals surface area contributed by atoms with E-state index in [4.69, 9.17) is 28.3 Å². The zero-order valence-electron chi connectivity index (χ0n) is 10.6. The Morgan fingerprint density at radius 3 is 2.81 bits per heavy atom. The second-order valence-corrected chi connectivity index (χ2v) is 5.17. The van der Waals surface area contributed by atoms with Crippen molar-refractivity contribution in [3.05, 3.63) is 52.5 Å². The summed E-state index contributed by atoms with van der Waals surface area (Å²) in [5, 5.41) is 10.3. The number of carbonyl (C=O) groups is 1. The first kappa shape index (κ1) is 13.9.